The zero-order chi connectivity index (χ0) is 22.3. The fourth-order valence-corrected chi connectivity index (χ4v) is 3.61. The number of β-amino-alcohol motifs (C(OH)–C–C–N with tert-alkyl or cyclic N) is 1. The van der Waals surface area contributed by atoms with Gasteiger partial charge >= 0.3 is 6.18 Å². The number of pyridine rings is 1. The zero-order valence-corrected chi connectivity index (χ0v) is 16.4. The highest BCUT2D eigenvalue weighted by atomic mass is 35.5. The molecular weight excluding hydrogens is 444 g/mol. The maximum atomic E-state index is 14.6. The number of carbonyl (C=O) groups is 1. The van der Waals surface area contributed by atoms with Crippen LogP contribution in [0.4, 0.5) is 23.4 Å². The third-order valence-corrected chi connectivity index (χ3v) is 4.99. The number of aromatic nitrogens is 4. The van der Waals surface area contributed by atoms with E-state index in [1.54, 1.807) is 17.6 Å². The minimum atomic E-state index is -4.60. The molecule has 8 nitrogen and oxygen atoms in total. The maximum Gasteiger partial charge on any atom is 0.405 e. The highest BCUT2D eigenvalue weighted by Crippen LogP contribution is 2.31. The molecule has 31 heavy (non-hydrogen) atoms. The SMILES string of the molecule is O=C(NCC(F)(F)F)[C@H]1CC(O)CN1c1nc(-c2c[nH]c3ncc(Cl)cc23)ncc1F. The van der Waals surface area contributed by atoms with Crippen LogP contribution in [0.15, 0.2) is 24.7 Å². The Bertz CT molecular complexity index is 1140. The molecule has 164 valence electrons. The van der Waals surface area contributed by atoms with E-state index in [1.807, 2.05) is 0 Å². The van der Waals surface area contributed by atoms with E-state index in [-0.39, 0.29) is 24.6 Å². The number of fused-ring (bicyclic) bond motifs is 1. The molecule has 4 heterocycles. The van der Waals surface area contributed by atoms with E-state index < -0.39 is 36.6 Å². The van der Waals surface area contributed by atoms with Crippen LogP contribution in [0, 0.1) is 5.82 Å². The molecule has 1 unspecified atom stereocenters. The van der Waals surface area contributed by atoms with Crippen molar-refractivity contribution in [2.24, 2.45) is 0 Å². The lowest BCUT2D eigenvalue weighted by molar-refractivity contribution is -0.139. The van der Waals surface area contributed by atoms with Crippen molar-refractivity contribution < 1.29 is 27.5 Å². The molecule has 1 aliphatic heterocycles. The lowest BCUT2D eigenvalue weighted by atomic mass is 10.2. The van der Waals surface area contributed by atoms with Crippen molar-refractivity contribution in [3.05, 3.63) is 35.5 Å². The van der Waals surface area contributed by atoms with Gasteiger partial charge in [0.2, 0.25) is 5.91 Å². The first-order valence-electron chi connectivity index (χ1n) is 9.07. The average Bonchev–Trinajstić information content (AvgIpc) is 3.29. The predicted octanol–water partition coefficient (Wildman–Crippen LogP) is 2.43. The second kappa shape index (κ2) is 7.93. The number of nitrogens with zero attached hydrogens (tertiary/aromatic N) is 4. The number of hydrogen-bond acceptors (Lipinski definition) is 6. The molecule has 1 saturated heterocycles. The molecule has 0 aromatic carbocycles. The number of rotatable bonds is 4. The number of alkyl halides is 3. The number of carbonyl (C=O) groups excluding carboxylic acids is 1. The van der Waals surface area contributed by atoms with Gasteiger partial charge < -0.3 is 20.3 Å². The van der Waals surface area contributed by atoms with Gasteiger partial charge in [-0.25, -0.2) is 19.3 Å². The van der Waals surface area contributed by atoms with Gasteiger partial charge in [0.15, 0.2) is 17.5 Å². The van der Waals surface area contributed by atoms with Crippen LogP contribution in [-0.2, 0) is 4.79 Å². The fraction of sp³-hybridized carbons (Fsp3) is 0.333. The number of halogens is 5. The van der Waals surface area contributed by atoms with E-state index in [2.05, 4.69) is 19.9 Å². The van der Waals surface area contributed by atoms with Crippen molar-refractivity contribution in [3.63, 3.8) is 0 Å². The number of aromatic amines is 1. The van der Waals surface area contributed by atoms with Crippen molar-refractivity contribution in [1.29, 1.82) is 0 Å². The molecule has 0 aliphatic carbocycles. The van der Waals surface area contributed by atoms with Gasteiger partial charge in [-0.2, -0.15) is 13.2 Å². The summed E-state index contributed by atoms with van der Waals surface area (Å²) < 4.78 is 51.9. The molecule has 4 rings (SSSR count). The number of anilines is 1. The van der Waals surface area contributed by atoms with E-state index in [9.17, 15) is 27.5 Å². The van der Waals surface area contributed by atoms with E-state index in [4.69, 9.17) is 11.6 Å². The Balaban J connectivity index is 1.68. The summed E-state index contributed by atoms with van der Waals surface area (Å²) >= 11 is 5.99. The van der Waals surface area contributed by atoms with Crippen molar-refractivity contribution in [2.45, 2.75) is 24.7 Å². The number of amides is 1. The maximum absolute atomic E-state index is 14.6. The third-order valence-electron chi connectivity index (χ3n) is 4.78. The van der Waals surface area contributed by atoms with Crippen molar-refractivity contribution in [1.82, 2.24) is 25.3 Å². The molecule has 3 aromatic heterocycles. The van der Waals surface area contributed by atoms with Crippen LogP contribution in [0.5, 0.6) is 0 Å². The predicted molar refractivity (Wildman–Crippen MR) is 103 cm³/mol. The summed E-state index contributed by atoms with van der Waals surface area (Å²) in [6, 6.07) is 0.392. The Labute approximate surface area is 177 Å². The lowest BCUT2D eigenvalue weighted by Crippen LogP contribution is -2.46. The lowest BCUT2D eigenvalue weighted by Gasteiger charge is -2.25. The Morgan fingerprint density at radius 3 is 2.87 bits per heavy atom. The summed E-state index contributed by atoms with van der Waals surface area (Å²) in [5, 5.41) is 12.7. The molecule has 13 heteroatoms. The van der Waals surface area contributed by atoms with E-state index >= 15 is 0 Å². The van der Waals surface area contributed by atoms with Gasteiger partial charge in [-0.05, 0) is 6.07 Å². The quantitative estimate of drug-likeness (QED) is 0.518. The van der Waals surface area contributed by atoms with Crippen molar-refractivity contribution >= 4 is 34.4 Å². The summed E-state index contributed by atoms with van der Waals surface area (Å²) in [6.07, 6.45) is -1.93. The van der Waals surface area contributed by atoms with Crippen LogP contribution in [0.1, 0.15) is 6.42 Å². The second-order valence-corrected chi connectivity index (χ2v) is 7.44. The smallest absolute Gasteiger partial charge is 0.391 e. The van der Waals surface area contributed by atoms with Crippen LogP contribution in [0.25, 0.3) is 22.4 Å². The number of aliphatic hydroxyl groups is 1. The molecule has 1 fully saturated rings. The van der Waals surface area contributed by atoms with Crippen molar-refractivity contribution in [3.8, 4) is 11.4 Å². The molecule has 0 bridgehead atoms. The molecule has 1 aliphatic rings. The summed E-state index contributed by atoms with van der Waals surface area (Å²) in [5.74, 6) is -2.10. The van der Waals surface area contributed by atoms with Crippen LogP contribution >= 0.6 is 11.6 Å². The highest BCUT2D eigenvalue weighted by molar-refractivity contribution is 6.31. The van der Waals surface area contributed by atoms with Crippen molar-refractivity contribution in [2.75, 3.05) is 18.0 Å². The molecular formula is C18H15ClF4N6O2. The monoisotopic (exact) mass is 458 g/mol. The summed E-state index contributed by atoms with van der Waals surface area (Å²) in [6.45, 7) is -1.72. The minimum absolute atomic E-state index is 0.0857. The standard InChI is InChI=1S/C18H15ClF4N6O2/c19-8-1-10-11(4-25-14(10)24-3-8)15-26-5-12(20)16(28-15)29-6-9(30)2-13(29)17(31)27-7-18(21,22)23/h1,3-5,9,13,30H,2,6-7H2,(H,24,25)(H,27,31)/t9?,13-/m1/s1. The molecule has 0 spiro atoms. The van der Waals surface area contributed by atoms with Gasteiger partial charge in [0.25, 0.3) is 0 Å². The average molecular weight is 459 g/mol. The van der Waals surface area contributed by atoms with Gasteiger partial charge in [-0.3, -0.25) is 4.79 Å². The van der Waals surface area contributed by atoms with Crippen LogP contribution in [0.2, 0.25) is 5.02 Å². The molecule has 3 aromatic rings. The van der Waals surface area contributed by atoms with Gasteiger partial charge in [-0.15, -0.1) is 0 Å². The van der Waals surface area contributed by atoms with Gasteiger partial charge in [0, 0.05) is 36.3 Å². The van der Waals surface area contributed by atoms with Crippen LogP contribution < -0.4 is 10.2 Å². The fourth-order valence-electron chi connectivity index (χ4n) is 3.45. The number of nitrogens with one attached hydrogen (secondary N) is 2. The van der Waals surface area contributed by atoms with Gasteiger partial charge in [0.05, 0.1) is 17.3 Å². The second-order valence-electron chi connectivity index (χ2n) is 7.01. The summed E-state index contributed by atoms with van der Waals surface area (Å²) in [7, 11) is 0. The summed E-state index contributed by atoms with van der Waals surface area (Å²) in [5.41, 5.74) is 0.957. The summed E-state index contributed by atoms with van der Waals surface area (Å²) in [4.78, 5) is 28.6. The van der Waals surface area contributed by atoms with Crippen LogP contribution in [0.3, 0.4) is 0 Å². The highest BCUT2D eigenvalue weighted by Gasteiger charge is 2.39. The van der Waals surface area contributed by atoms with E-state index in [1.165, 1.54) is 6.20 Å². The molecule has 0 saturated carbocycles. The van der Waals surface area contributed by atoms with Gasteiger partial charge in [-0.1, -0.05) is 11.6 Å². The molecule has 0 radical (unpaired) electrons. The Hall–Kier alpha value is -2.99. The van der Waals surface area contributed by atoms with E-state index in [0.29, 0.717) is 21.6 Å². The Kier molecular flexibility index (Phi) is 5.43. The zero-order valence-electron chi connectivity index (χ0n) is 15.6. The number of H-pyrrole nitrogens is 1. The normalized spacial score (nSPS) is 19.2. The molecule has 2 atom stereocenters. The molecule has 1 amide bonds. The third kappa shape index (κ3) is 4.39. The Morgan fingerprint density at radius 2 is 2.13 bits per heavy atom. The number of hydrogen-bond donors (Lipinski definition) is 3. The minimum Gasteiger partial charge on any atom is -0.391 e. The number of aliphatic hydroxyl groups excluding tert-OH is 1. The van der Waals surface area contributed by atoms with Crippen LogP contribution in [-0.4, -0.2) is 62.4 Å². The first-order valence-corrected chi connectivity index (χ1v) is 9.45. The first kappa shape index (κ1) is 21.2. The molecule has 3 N–H and O–H groups in total. The van der Waals surface area contributed by atoms with Gasteiger partial charge in [0.1, 0.15) is 18.2 Å². The van der Waals surface area contributed by atoms with E-state index in [0.717, 1.165) is 11.1 Å². The first-order chi connectivity index (χ1) is 14.6. The Morgan fingerprint density at radius 1 is 1.35 bits per heavy atom. The largest absolute Gasteiger partial charge is 0.405 e. The topological polar surface area (TPSA) is 107 Å².